The minimum Gasteiger partial charge on any atom is -0.535 e. The summed E-state index contributed by atoms with van der Waals surface area (Å²) in [5.74, 6) is 8.38. The lowest BCUT2D eigenvalue weighted by Crippen LogP contribution is -2.44. The second kappa shape index (κ2) is 10.7. The number of imidazole rings is 1. The Hall–Kier alpha value is -4.33. The average Bonchev–Trinajstić information content (AvgIpc) is 3.21. The molecule has 0 saturated carbocycles. The van der Waals surface area contributed by atoms with Crippen LogP contribution in [0.1, 0.15) is 28.5 Å². The standard InChI is InChI=1S/C27H27FN4O3/c1-3-34-18-20(2)31(27(33)25-17-30-14-7-6-13-26(30)32(25)29)16-21-9-8-11-23(15-21)35-19-22-10-4-5-12-24(22)28/h3-15,17,20,29H,1,16,18-19H2,2H3/t20-/m1/s1. The Bertz CT molecular complexity index is 1340. The maximum atomic E-state index is 13.9. The van der Waals surface area contributed by atoms with E-state index >= 15 is 0 Å². The molecule has 0 spiro atoms. The van der Waals surface area contributed by atoms with Gasteiger partial charge in [0.1, 0.15) is 31.0 Å². The molecule has 0 aliphatic carbocycles. The van der Waals surface area contributed by atoms with Gasteiger partial charge in [-0.1, -0.05) is 43.0 Å². The van der Waals surface area contributed by atoms with E-state index in [1.807, 2.05) is 37.3 Å². The summed E-state index contributed by atoms with van der Waals surface area (Å²) in [6.07, 6.45) is 4.78. The Labute approximate surface area is 203 Å². The quantitative estimate of drug-likeness (QED) is 0.241. The molecular formula is C27H27FN4O3. The Balaban J connectivity index is 1.57. The molecule has 0 aliphatic rings. The Morgan fingerprint density at radius 1 is 1.20 bits per heavy atom. The molecule has 0 radical (unpaired) electrons. The maximum Gasteiger partial charge on any atom is 0.297 e. The molecule has 8 heteroatoms. The fourth-order valence-corrected chi connectivity index (χ4v) is 3.79. The number of ether oxygens (including phenoxy) is 2. The van der Waals surface area contributed by atoms with Gasteiger partial charge in [0.15, 0.2) is 0 Å². The van der Waals surface area contributed by atoms with Crippen LogP contribution in [0.4, 0.5) is 4.39 Å². The topological polar surface area (TPSA) is 70.9 Å². The molecule has 0 unspecified atom stereocenters. The number of halogens is 1. The van der Waals surface area contributed by atoms with Crippen molar-refractivity contribution in [3.63, 3.8) is 0 Å². The molecule has 1 atom stereocenters. The zero-order valence-electron chi connectivity index (χ0n) is 19.4. The lowest BCUT2D eigenvalue weighted by molar-refractivity contribution is -0.579. The van der Waals surface area contributed by atoms with Crippen molar-refractivity contribution in [2.75, 3.05) is 6.61 Å². The van der Waals surface area contributed by atoms with E-state index < -0.39 is 0 Å². The molecule has 1 N–H and O–H groups in total. The summed E-state index contributed by atoms with van der Waals surface area (Å²) in [6.45, 7) is 6.08. The zero-order chi connectivity index (χ0) is 24.8. The first-order valence-corrected chi connectivity index (χ1v) is 11.2. The molecule has 35 heavy (non-hydrogen) atoms. The van der Waals surface area contributed by atoms with E-state index in [0.29, 0.717) is 17.0 Å². The molecule has 0 saturated heterocycles. The zero-order valence-corrected chi connectivity index (χ0v) is 19.4. The lowest BCUT2D eigenvalue weighted by atomic mass is 10.1. The van der Waals surface area contributed by atoms with Crippen molar-refractivity contribution >= 4 is 11.6 Å². The number of carbonyl (C=O) groups is 1. The van der Waals surface area contributed by atoms with Gasteiger partial charge in [-0.15, -0.1) is 0 Å². The first kappa shape index (κ1) is 23.8. The van der Waals surface area contributed by atoms with Crippen molar-refractivity contribution in [1.82, 2.24) is 9.30 Å². The van der Waals surface area contributed by atoms with Crippen LogP contribution in [0.5, 0.6) is 5.75 Å². The summed E-state index contributed by atoms with van der Waals surface area (Å²) in [7, 11) is 0. The maximum absolute atomic E-state index is 13.9. The average molecular weight is 475 g/mol. The van der Waals surface area contributed by atoms with Crippen LogP contribution in [0.3, 0.4) is 0 Å². The number of pyridine rings is 1. The third-order valence-electron chi connectivity index (χ3n) is 5.67. The number of nitrogens with one attached hydrogen (secondary N) is 1. The van der Waals surface area contributed by atoms with Gasteiger partial charge in [-0.3, -0.25) is 9.47 Å². The lowest BCUT2D eigenvalue weighted by Gasteiger charge is -2.28. The number of nitrogens with zero attached hydrogens (tertiary/aromatic N) is 3. The number of hydrogen-bond donors (Lipinski definition) is 0. The molecule has 2 heterocycles. The van der Waals surface area contributed by atoms with Crippen LogP contribution in [-0.2, 0) is 17.9 Å². The predicted molar refractivity (Wildman–Crippen MR) is 130 cm³/mol. The summed E-state index contributed by atoms with van der Waals surface area (Å²) in [4.78, 5) is 15.2. The minimum atomic E-state index is -0.319. The SMILES string of the molecule is C=COC[C@@H](C)N(Cc1cccc(OCc2ccccc2F)c1)C(=O)c1cn2ccccc2[n+]1[NH-]. The summed E-state index contributed by atoms with van der Waals surface area (Å²) < 4.78 is 28.0. The number of hydrogen-bond acceptors (Lipinski definition) is 3. The van der Waals surface area contributed by atoms with E-state index in [-0.39, 0.29) is 43.2 Å². The second-order valence-electron chi connectivity index (χ2n) is 8.13. The van der Waals surface area contributed by atoms with E-state index in [0.717, 1.165) is 10.2 Å². The molecule has 0 aliphatic heterocycles. The van der Waals surface area contributed by atoms with E-state index in [4.69, 9.17) is 15.3 Å². The van der Waals surface area contributed by atoms with Crippen molar-refractivity contribution in [2.45, 2.75) is 26.1 Å². The fourth-order valence-electron chi connectivity index (χ4n) is 3.79. The summed E-state index contributed by atoms with van der Waals surface area (Å²) in [6, 6.07) is 18.9. The van der Waals surface area contributed by atoms with Crippen LogP contribution < -0.4 is 9.41 Å². The van der Waals surface area contributed by atoms with Gasteiger partial charge in [0.25, 0.3) is 11.6 Å². The smallest absolute Gasteiger partial charge is 0.297 e. The highest BCUT2D eigenvalue weighted by Gasteiger charge is 2.28. The molecular weight excluding hydrogens is 447 g/mol. The molecule has 2 aromatic carbocycles. The third-order valence-corrected chi connectivity index (χ3v) is 5.67. The van der Waals surface area contributed by atoms with Crippen LogP contribution in [0.25, 0.3) is 11.5 Å². The molecule has 0 bridgehead atoms. The monoisotopic (exact) mass is 474 g/mol. The van der Waals surface area contributed by atoms with Crippen molar-refractivity contribution in [3.05, 3.63) is 120 Å². The van der Waals surface area contributed by atoms with Gasteiger partial charge in [-0.2, -0.15) is 0 Å². The number of amides is 1. The highest BCUT2D eigenvalue weighted by Crippen LogP contribution is 2.20. The summed E-state index contributed by atoms with van der Waals surface area (Å²) >= 11 is 0. The number of carbonyl (C=O) groups excluding carboxylic acids is 1. The van der Waals surface area contributed by atoms with Crippen LogP contribution in [0.15, 0.2) is 92.0 Å². The van der Waals surface area contributed by atoms with Crippen LogP contribution in [-0.4, -0.2) is 27.9 Å². The largest absolute Gasteiger partial charge is 0.535 e. The number of rotatable bonds is 10. The van der Waals surface area contributed by atoms with Gasteiger partial charge in [-0.25, -0.2) is 8.79 Å². The van der Waals surface area contributed by atoms with Gasteiger partial charge in [0.2, 0.25) is 5.69 Å². The summed E-state index contributed by atoms with van der Waals surface area (Å²) in [5, 5.41) is 0. The fraction of sp³-hybridized carbons (Fsp3) is 0.185. The van der Waals surface area contributed by atoms with Gasteiger partial charge < -0.3 is 20.2 Å². The van der Waals surface area contributed by atoms with Gasteiger partial charge in [0.05, 0.1) is 18.5 Å². The molecule has 7 nitrogen and oxygen atoms in total. The van der Waals surface area contributed by atoms with E-state index in [1.54, 1.807) is 52.0 Å². The number of fused-ring (bicyclic) bond motifs is 1. The van der Waals surface area contributed by atoms with Crippen LogP contribution >= 0.6 is 0 Å². The highest BCUT2D eigenvalue weighted by molar-refractivity contribution is 5.91. The van der Waals surface area contributed by atoms with Crippen molar-refractivity contribution < 1.29 is 23.3 Å². The van der Waals surface area contributed by atoms with Crippen LogP contribution in [0, 0.1) is 5.82 Å². The van der Waals surface area contributed by atoms with Gasteiger partial charge in [0, 0.05) is 18.2 Å². The van der Waals surface area contributed by atoms with E-state index in [1.165, 1.54) is 12.3 Å². The Morgan fingerprint density at radius 3 is 2.77 bits per heavy atom. The molecule has 4 rings (SSSR count). The van der Waals surface area contributed by atoms with Gasteiger partial charge in [-0.05, 0) is 36.8 Å². The molecule has 1 amide bonds. The molecule has 180 valence electrons. The van der Waals surface area contributed by atoms with Crippen molar-refractivity contribution in [2.24, 2.45) is 0 Å². The van der Waals surface area contributed by atoms with Crippen molar-refractivity contribution in [3.8, 4) is 5.75 Å². The van der Waals surface area contributed by atoms with E-state index in [2.05, 4.69) is 6.58 Å². The molecule has 4 aromatic rings. The first-order chi connectivity index (χ1) is 17.0. The normalized spacial score (nSPS) is 11.7. The Kier molecular flexibility index (Phi) is 7.30. The molecule has 2 aromatic heterocycles. The number of aromatic nitrogens is 2. The summed E-state index contributed by atoms with van der Waals surface area (Å²) in [5.41, 5.74) is 2.10. The van der Waals surface area contributed by atoms with Crippen molar-refractivity contribution in [1.29, 1.82) is 0 Å². The van der Waals surface area contributed by atoms with Gasteiger partial charge >= 0.3 is 0 Å². The van der Waals surface area contributed by atoms with E-state index in [9.17, 15) is 9.18 Å². The molecule has 0 fully saturated rings. The Morgan fingerprint density at radius 2 is 2.00 bits per heavy atom. The third kappa shape index (κ3) is 5.43. The highest BCUT2D eigenvalue weighted by atomic mass is 19.1. The predicted octanol–water partition coefficient (Wildman–Crippen LogP) is 4.95. The van der Waals surface area contributed by atoms with Crippen LogP contribution in [0.2, 0.25) is 0 Å². The first-order valence-electron chi connectivity index (χ1n) is 11.2. The minimum absolute atomic E-state index is 0.0958. The number of benzene rings is 2. The second-order valence-corrected chi connectivity index (χ2v) is 8.13.